The van der Waals surface area contributed by atoms with Crippen molar-refractivity contribution in [3.63, 3.8) is 0 Å². The summed E-state index contributed by atoms with van der Waals surface area (Å²) in [5.74, 6) is 6.34. The summed E-state index contributed by atoms with van der Waals surface area (Å²) >= 11 is 11.7. The second-order valence-electron chi connectivity index (χ2n) is 3.92. The van der Waals surface area contributed by atoms with Crippen LogP contribution < -0.4 is 10.1 Å². The van der Waals surface area contributed by atoms with E-state index < -0.39 is 6.10 Å². The van der Waals surface area contributed by atoms with Crippen LogP contribution in [0.2, 0.25) is 10.0 Å². The molecule has 0 aliphatic heterocycles. The summed E-state index contributed by atoms with van der Waals surface area (Å²) < 4.78 is 5.42. The van der Waals surface area contributed by atoms with Crippen LogP contribution in [-0.4, -0.2) is 30.9 Å². The van der Waals surface area contributed by atoms with Gasteiger partial charge in [0.2, 0.25) is 0 Å². The van der Waals surface area contributed by atoms with Gasteiger partial charge in [0.1, 0.15) is 18.5 Å². The third kappa shape index (κ3) is 6.70. The van der Waals surface area contributed by atoms with Crippen molar-refractivity contribution in [2.75, 3.05) is 19.7 Å². The molecule has 104 valence electrons. The van der Waals surface area contributed by atoms with Crippen LogP contribution in [0.5, 0.6) is 5.75 Å². The number of aliphatic hydroxyl groups excluding tert-OH is 1. The minimum atomic E-state index is -0.580. The lowest BCUT2D eigenvalue weighted by Crippen LogP contribution is -2.31. The predicted molar refractivity (Wildman–Crippen MR) is 78.9 cm³/mol. The number of nitrogens with one attached hydrogen (secondary N) is 1. The smallest absolute Gasteiger partial charge is 0.121 e. The highest BCUT2D eigenvalue weighted by molar-refractivity contribution is 6.42. The van der Waals surface area contributed by atoms with Crippen molar-refractivity contribution in [3.8, 4) is 17.6 Å². The second-order valence-corrected chi connectivity index (χ2v) is 4.74. The fraction of sp³-hybridized carbons (Fsp3) is 0.429. The van der Waals surface area contributed by atoms with Gasteiger partial charge in [-0.3, -0.25) is 0 Å². The van der Waals surface area contributed by atoms with Crippen molar-refractivity contribution in [1.29, 1.82) is 0 Å². The second kappa shape index (κ2) is 9.06. The highest BCUT2D eigenvalue weighted by atomic mass is 35.5. The fourth-order valence-electron chi connectivity index (χ4n) is 1.36. The summed E-state index contributed by atoms with van der Waals surface area (Å²) in [5, 5.41) is 13.7. The maximum absolute atomic E-state index is 9.71. The van der Waals surface area contributed by atoms with E-state index in [1.54, 1.807) is 25.1 Å². The fourth-order valence-corrected chi connectivity index (χ4v) is 1.65. The minimum Gasteiger partial charge on any atom is -0.491 e. The van der Waals surface area contributed by atoms with Crippen molar-refractivity contribution < 1.29 is 9.84 Å². The Morgan fingerprint density at radius 2 is 2.16 bits per heavy atom. The van der Waals surface area contributed by atoms with Gasteiger partial charge in [0.05, 0.1) is 10.0 Å². The van der Waals surface area contributed by atoms with Gasteiger partial charge in [0, 0.05) is 25.6 Å². The monoisotopic (exact) mass is 301 g/mol. The van der Waals surface area contributed by atoms with E-state index in [4.69, 9.17) is 27.9 Å². The molecule has 1 unspecified atom stereocenters. The van der Waals surface area contributed by atoms with Gasteiger partial charge in [0.25, 0.3) is 0 Å². The number of ether oxygens (including phenoxy) is 1. The van der Waals surface area contributed by atoms with Crippen molar-refractivity contribution in [3.05, 3.63) is 28.2 Å². The third-order valence-corrected chi connectivity index (χ3v) is 3.06. The van der Waals surface area contributed by atoms with Crippen molar-refractivity contribution in [2.45, 2.75) is 19.4 Å². The predicted octanol–water partition coefficient (Wildman–Crippen LogP) is 2.74. The Balaban J connectivity index is 2.23. The summed E-state index contributed by atoms with van der Waals surface area (Å²) in [4.78, 5) is 0. The van der Waals surface area contributed by atoms with E-state index >= 15 is 0 Å². The molecule has 1 atom stereocenters. The van der Waals surface area contributed by atoms with Crippen molar-refractivity contribution in [2.24, 2.45) is 0 Å². The molecule has 0 radical (unpaired) electrons. The van der Waals surface area contributed by atoms with Gasteiger partial charge in [-0.15, -0.1) is 11.8 Å². The van der Waals surface area contributed by atoms with E-state index in [-0.39, 0.29) is 6.61 Å². The van der Waals surface area contributed by atoms with E-state index in [1.165, 1.54) is 0 Å². The molecule has 0 heterocycles. The van der Waals surface area contributed by atoms with Crippen LogP contribution in [0.1, 0.15) is 13.3 Å². The van der Waals surface area contributed by atoms with Gasteiger partial charge in [-0.2, -0.15) is 0 Å². The molecule has 2 N–H and O–H groups in total. The molecule has 0 saturated carbocycles. The Kier molecular flexibility index (Phi) is 7.69. The van der Waals surface area contributed by atoms with Crippen molar-refractivity contribution >= 4 is 23.2 Å². The van der Waals surface area contributed by atoms with E-state index in [9.17, 15) is 5.11 Å². The standard InChI is InChI=1S/C14H17Cl2NO2/c1-2-3-4-7-17-9-11(18)10-19-12-5-6-13(15)14(16)8-12/h5-6,8,11,17-18H,4,7,9-10H2,1H3. The van der Waals surface area contributed by atoms with Crippen LogP contribution in [-0.2, 0) is 0 Å². The molecule has 3 nitrogen and oxygen atoms in total. The maximum Gasteiger partial charge on any atom is 0.121 e. The Morgan fingerprint density at radius 1 is 1.37 bits per heavy atom. The van der Waals surface area contributed by atoms with Crippen LogP contribution >= 0.6 is 23.2 Å². The summed E-state index contributed by atoms with van der Waals surface area (Å²) in [6.45, 7) is 3.22. The van der Waals surface area contributed by atoms with Crippen LogP contribution in [0.15, 0.2) is 18.2 Å². The Hall–Kier alpha value is -0.920. The van der Waals surface area contributed by atoms with Crippen molar-refractivity contribution in [1.82, 2.24) is 5.32 Å². The molecule has 19 heavy (non-hydrogen) atoms. The molecule has 0 saturated heterocycles. The Labute approximate surface area is 123 Å². The quantitative estimate of drug-likeness (QED) is 0.601. The van der Waals surface area contributed by atoms with Gasteiger partial charge < -0.3 is 15.2 Å². The maximum atomic E-state index is 9.71. The van der Waals surface area contributed by atoms with E-state index in [2.05, 4.69) is 17.2 Å². The molecule has 1 aromatic carbocycles. The number of hydrogen-bond acceptors (Lipinski definition) is 3. The number of rotatable bonds is 7. The molecular formula is C14H17Cl2NO2. The topological polar surface area (TPSA) is 41.5 Å². The summed E-state index contributed by atoms with van der Waals surface area (Å²) in [7, 11) is 0. The highest BCUT2D eigenvalue weighted by Crippen LogP contribution is 2.26. The van der Waals surface area contributed by atoms with Gasteiger partial charge >= 0.3 is 0 Å². The Bertz CT molecular complexity index is 454. The molecule has 1 rings (SSSR count). The zero-order valence-corrected chi connectivity index (χ0v) is 12.3. The lowest BCUT2D eigenvalue weighted by molar-refractivity contribution is 0.107. The molecular weight excluding hydrogens is 285 g/mol. The van der Waals surface area contributed by atoms with Crippen LogP contribution in [0.3, 0.4) is 0 Å². The van der Waals surface area contributed by atoms with Gasteiger partial charge in [-0.1, -0.05) is 23.2 Å². The molecule has 0 fully saturated rings. The molecule has 0 aliphatic rings. The first kappa shape index (κ1) is 16.1. The molecule has 0 aromatic heterocycles. The normalized spacial score (nSPS) is 11.6. The van der Waals surface area contributed by atoms with Gasteiger partial charge in [0.15, 0.2) is 0 Å². The number of halogens is 2. The summed E-state index contributed by atoms with van der Waals surface area (Å²) in [5.41, 5.74) is 0. The lowest BCUT2D eigenvalue weighted by atomic mass is 10.3. The summed E-state index contributed by atoms with van der Waals surface area (Å²) in [6.07, 6.45) is 0.195. The largest absolute Gasteiger partial charge is 0.491 e. The van der Waals surface area contributed by atoms with Crippen LogP contribution in [0, 0.1) is 11.8 Å². The first-order chi connectivity index (χ1) is 9.13. The van der Waals surface area contributed by atoms with E-state index in [0.717, 1.165) is 13.0 Å². The SMILES string of the molecule is CC#CCCNCC(O)COc1ccc(Cl)c(Cl)c1. The zero-order chi connectivity index (χ0) is 14.1. The number of hydrogen-bond donors (Lipinski definition) is 2. The third-order valence-electron chi connectivity index (χ3n) is 2.32. The van der Waals surface area contributed by atoms with E-state index in [0.29, 0.717) is 22.3 Å². The Morgan fingerprint density at radius 3 is 2.84 bits per heavy atom. The van der Waals surface area contributed by atoms with Gasteiger partial charge in [-0.05, 0) is 19.1 Å². The highest BCUT2D eigenvalue weighted by Gasteiger charge is 2.06. The van der Waals surface area contributed by atoms with Crippen LogP contribution in [0.25, 0.3) is 0 Å². The molecule has 0 aliphatic carbocycles. The number of benzene rings is 1. The molecule has 1 aromatic rings. The molecule has 0 amide bonds. The van der Waals surface area contributed by atoms with Crippen LogP contribution in [0.4, 0.5) is 0 Å². The zero-order valence-electron chi connectivity index (χ0n) is 10.7. The average Bonchev–Trinajstić information content (AvgIpc) is 2.40. The van der Waals surface area contributed by atoms with E-state index in [1.807, 2.05) is 0 Å². The first-order valence-corrected chi connectivity index (χ1v) is 6.75. The summed E-state index contributed by atoms with van der Waals surface area (Å²) in [6, 6.07) is 5.00. The molecule has 0 bridgehead atoms. The number of aliphatic hydroxyl groups is 1. The minimum absolute atomic E-state index is 0.199. The molecule has 0 spiro atoms. The van der Waals surface area contributed by atoms with Gasteiger partial charge in [-0.25, -0.2) is 0 Å². The molecule has 5 heteroatoms. The lowest BCUT2D eigenvalue weighted by Gasteiger charge is -2.13. The first-order valence-electron chi connectivity index (χ1n) is 5.99. The average molecular weight is 302 g/mol.